The number of aromatic hydroxyl groups is 1. The summed E-state index contributed by atoms with van der Waals surface area (Å²) in [6, 6.07) is 16.0. The summed E-state index contributed by atoms with van der Waals surface area (Å²) in [6.45, 7) is -0.287. The van der Waals surface area contributed by atoms with Crippen molar-refractivity contribution in [2.75, 3.05) is 17.3 Å². The van der Waals surface area contributed by atoms with Crippen LogP contribution in [-0.4, -0.2) is 39.8 Å². The van der Waals surface area contributed by atoms with E-state index in [1.807, 2.05) is 0 Å². The number of imide groups is 1. The largest absolute Gasteiger partial charge is 0.508 e. The van der Waals surface area contributed by atoms with Gasteiger partial charge >= 0.3 is 4.87 Å². The van der Waals surface area contributed by atoms with E-state index in [1.165, 1.54) is 35.0 Å². The Morgan fingerprint density at radius 3 is 2.46 bits per heavy atom. The van der Waals surface area contributed by atoms with E-state index in [4.69, 9.17) is 9.15 Å². The standard InChI is InChI=1S/C27H21N3O7S2/c1-36-17-10-6-15(7-11-17)30-24(33)21-20(18-3-2-12-37-18)23-26(38-22(21)25(30)34)29(27(35)39-23)13-19(32)28-14-4-8-16(31)9-5-14/h2-12,20-22,31H,13H2,1H3,(H,28,32)/t20-,21?,22?/m1/s1. The van der Waals surface area contributed by atoms with Gasteiger partial charge in [0, 0.05) is 5.69 Å². The molecule has 3 atom stereocenters. The second-order valence-electron chi connectivity index (χ2n) is 8.99. The van der Waals surface area contributed by atoms with Crippen molar-refractivity contribution in [1.29, 1.82) is 0 Å². The number of amides is 3. The number of hydrogen-bond donors (Lipinski definition) is 2. The number of methoxy groups -OCH3 is 1. The van der Waals surface area contributed by atoms with Crippen LogP contribution in [0, 0.1) is 5.92 Å². The molecule has 0 spiro atoms. The molecule has 0 bridgehead atoms. The molecule has 1 fully saturated rings. The van der Waals surface area contributed by atoms with Crippen LogP contribution in [0.4, 0.5) is 11.4 Å². The van der Waals surface area contributed by atoms with Gasteiger partial charge in [0.25, 0.3) is 0 Å². The molecule has 0 radical (unpaired) electrons. The highest BCUT2D eigenvalue weighted by Gasteiger charge is 2.57. The molecular weight excluding hydrogens is 542 g/mol. The first-order valence-electron chi connectivity index (χ1n) is 11.9. The Morgan fingerprint density at radius 2 is 1.79 bits per heavy atom. The number of furan rings is 1. The van der Waals surface area contributed by atoms with Gasteiger partial charge in [0.1, 0.15) is 29.1 Å². The molecule has 12 heteroatoms. The molecule has 2 aromatic carbocycles. The van der Waals surface area contributed by atoms with E-state index in [1.54, 1.807) is 48.5 Å². The fourth-order valence-electron chi connectivity index (χ4n) is 4.90. The normalized spacial score (nSPS) is 20.0. The minimum Gasteiger partial charge on any atom is -0.508 e. The van der Waals surface area contributed by atoms with E-state index in [0.717, 1.165) is 23.1 Å². The van der Waals surface area contributed by atoms with Crippen LogP contribution in [-0.2, 0) is 20.9 Å². The molecule has 0 saturated carbocycles. The minimum absolute atomic E-state index is 0.0607. The second kappa shape index (κ2) is 9.79. The van der Waals surface area contributed by atoms with Crippen molar-refractivity contribution in [2.24, 2.45) is 5.92 Å². The molecule has 4 aromatic rings. The molecular formula is C27H21N3O7S2. The van der Waals surface area contributed by atoms with Crippen molar-refractivity contribution < 1.29 is 28.6 Å². The monoisotopic (exact) mass is 563 g/mol. The third-order valence-electron chi connectivity index (χ3n) is 6.68. The lowest BCUT2D eigenvalue weighted by Gasteiger charge is -2.29. The van der Waals surface area contributed by atoms with Crippen molar-refractivity contribution >= 4 is 52.2 Å². The third-order valence-corrected chi connectivity index (χ3v) is 9.29. The Hall–Kier alpha value is -4.29. The van der Waals surface area contributed by atoms with E-state index in [9.17, 15) is 24.3 Å². The number of phenolic OH excluding ortho intramolecular Hbond substituents is 1. The topological polar surface area (TPSA) is 131 Å². The third kappa shape index (κ3) is 4.31. The number of phenols is 1. The number of thiazole rings is 1. The number of carbonyl (C=O) groups excluding carboxylic acids is 3. The van der Waals surface area contributed by atoms with E-state index >= 15 is 0 Å². The predicted octanol–water partition coefficient (Wildman–Crippen LogP) is 3.65. The van der Waals surface area contributed by atoms with Crippen molar-refractivity contribution in [2.45, 2.75) is 22.7 Å². The summed E-state index contributed by atoms with van der Waals surface area (Å²) in [5.74, 6) is -1.57. The molecule has 2 aliphatic rings. The summed E-state index contributed by atoms with van der Waals surface area (Å²) in [4.78, 5) is 54.8. The van der Waals surface area contributed by atoms with Crippen molar-refractivity contribution in [3.8, 4) is 11.5 Å². The molecule has 10 nitrogen and oxygen atoms in total. The van der Waals surface area contributed by atoms with E-state index in [2.05, 4.69) is 5.32 Å². The van der Waals surface area contributed by atoms with Crippen LogP contribution in [0.2, 0.25) is 0 Å². The van der Waals surface area contributed by atoms with Gasteiger partial charge < -0.3 is 19.6 Å². The first-order valence-corrected chi connectivity index (χ1v) is 13.6. The maximum atomic E-state index is 13.8. The first-order chi connectivity index (χ1) is 18.9. The van der Waals surface area contributed by atoms with Gasteiger partial charge in [0.15, 0.2) is 0 Å². The van der Waals surface area contributed by atoms with E-state index in [-0.39, 0.29) is 23.1 Å². The fourth-order valence-corrected chi connectivity index (χ4v) is 7.66. The number of thioether (sulfide) groups is 1. The first kappa shape index (κ1) is 25.0. The highest BCUT2D eigenvalue weighted by atomic mass is 32.2. The predicted molar refractivity (Wildman–Crippen MR) is 144 cm³/mol. The molecule has 1 saturated heterocycles. The van der Waals surface area contributed by atoms with Gasteiger partial charge in [0.05, 0.1) is 40.8 Å². The Balaban J connectivity index is 1.36. The number of nitrogens with one attached hydrogen (secondary N) is 1. The molecule has 39 heavy (non-hydrogen) atoms. The molecule has 2 aromatic heterocycles. The van der Waals surface area contributed by atoms with Crippen LogP contribution >= 0.6 is 23.1 Å². The Bertz CT molecular complexity index is 1630. The zero-order valence-electron chi connectivity index (χ0n) is 20.4. The van der Waals surface area contributed by atoms with Crippen molar-refractivity contribution in [1.82, 2.24) is 4.57 Å². The summed E-state index contributed by atoms with van der Waals surface area (Å²) in [5, 5.41) is 11.8. The maximum Gasteiger partial charge on any atom is 0.308 e. The van der Waals surface area contributed by atoms with Crippen LogP contribution in [0.3, 0.4) is 0 Å². The quantitative estimate of drug-likeness (QED) is 0.269. The number of carbonyl (C=O) groups is 3. The number of anilines is 2. The van der Waals surface area contributed by atoms with Crippen LogP contribution in [0.5, 0.6) is 11.5 Å². The lowest BCUT2D eigenvalue weighted by atomic mass is 9.87. The summed E-state index contributed by atoms with van der Waals surface area (Å²) >= 11 is 2.07. The number of nitrogens with zero attached hydrogens (tertiary/aromatic N) is 2. The summed E-state index contributed by atoms with van der Waals surface area (Å²) in [5.41, 5.74) is 0.885. The zero-order chi connectivity index (χ0) is 27.3. The molecule has 2 N–H and O–H groups in total. The molecule has 4 heterocycles. The van der Waals surface area contributed by atoms with Crippen LogP contribution in [0.25, 0.3) is 0 Å². The molecule has 2 unspecified atom stereocenters. The molecule has 198 valence electrons. The fraction of sp³-hybridized carbons (Fsp3) is 0.185. The average molecular weight is 564 g/mol. The minimum atomic E-state index is -0.817. The number of aromatic nitrogens is 1. The number of fused-ring (bicyclic) bond motifs is 2. The van der Waals surface area contributed by atoms with Crippen LogP contribution in [0.1, 0.15) is 16.6 Å². The number of benzene rings is 2. The van der Waals surface area contributed by atoms with Gasteiger partial charge in [-0.25, -0.2) is 4.90 Å². The SMILES string of the molecule is COc1ccc(N2C(=O)C3Sc4c(sc(=O)n4CC(=O)Nc4ccc(O)cc4)[C@H](c4ccco4)C3C2=O)cc1. The van der Waals surface area contributed by atoms with Crippen LogP contribution < -0.4 is 19.8 Å². The Morgan fingerprint density at radius 1 is 1.05 bits per heavy atom. The van der Waals surface area contributed by atoms with Gasteiger partial charge in [0.2, 0.25) is 17.7 Å². The highest BCUT2D eigenvalue weighted by molar-refractivity contribution is 8.00. The van der Waals surface area contributed by atoms with Gasteiger partial charge in [-0.05, 0) is 60.7 Å². The highest BCUT2D eigenvalue weighted by Crippen LogP contribution is 2.54. The molecule has 3 amide bonds. The number of rotatable bonds is 6. The number of ether oxygens (including phenoxy) is 1. The van der Waals surface area contributed by atoms with E-state index in [0.29, 0.717) is 32.8 Å². The maximum absolute atomic E-state index is 13.8. The van der Waals surface area contributed by atoms with Crippen LogP contribution in [0.15, 0.2) is 81.2 Å². The lowest BCUT2D eigenvalue weighted by molar-refractivity contribution is -0.122. The van der Waals surface area contributed by atoms with Crippen molar-refractivity contribution in [3.05, 3.63) is 87.2 Å². The van der Waals surface area contributed by atoms with E-state index < -0.39 is 28.9 Å². The van der Waals surface area contributed by atoms with Gasteiger partial charge in [-0.1, -0.05) is 23.1 Å². The van der Waals surface area contributed by atoms with Crippen molar-refractivity contribution in [3.63, 3.8) is 0 Å². The summed E-state index contributed by atoms with van der Waals surface area (Å²) in [6.07, 6.45) is 1.49. The summed E-state index contributed by atoms with van der Waals surface area (Å²) < 4.78 is 12.2. The molecule has 6 rings (SSSR count). The molecule has 2 aliphatic heterocycles. The Labute approximate surface area is 229 Å². The number of hydrogen-bond acceptors (Lipinski definition) is 9. The van der Waals surface area contributed by atoms with Gasteiger partial charge in [-0.3, -0.25) is 23.7 Å². The second-order valence-corrected chi connectivity index (χ2v) is 11.1. The average Bonchev–Trinajstić information content (AvgIpc) is 3.63. The smallest absolute Gasteiger partial charge is 0.308 e. The van der Waals surface area contributed by atoms with Gasteiger partial charge in [-0.15, -0.1) is 0 Å². The zero-order valence-corrected chi connectivity index (χ0v) is 22.0. The Kier molecular flexibility index (Phi) is 6.28. The lowest BCUT2D eigenvalue weighted by Crippen LogP contribution is -2.32. The van der Waals surface area contributed by atoms with Gasteiger partial charge in [-0.2, -0.15) is 0 Å². The summed E-state index contributed by atoms with van der Waals surface area (Å²) in [7, 11) is 1.53. The molecule has 0 aliphatic carbocycles.